The summed E-state index contributed by atoms with van der Waals surface area (Å²) in [4.78, 5) is 14.0. The molecule has 0 radical (unpaired) electrons. The minimum absolute atomic E-state index is 0.155. The molecular formula is C16H18N4O. The molecule has 0 unspecified atom stereocenters. The molecule has 1 aromatic heterocycles. The van der Waals surface area contributed by atoms with E-state index in [0.29, 0.717) is 17.9 Å². The molecule has 108 valence electrons. The Bertz CT molecular complexity index is 669. The number of aromatic nitrogens is 2. The highest BCUT2D eigenvalue weighted by Gasteiger charge is 2.17. The fraction of sp³-hybridized carbons (Fsp3) is 0.250. The monoisotopic (exact) mass is 282 g/mol. The van der Waals surface area contributed by atoms with Gasteiger partial charge in [-0.3, -0.25) is 4.79 Å². The quantitative estimate of drug-likeness (QED) is 0.673. The molecule has 0 bridgehead atoms. The van der Waals surface area contributed by atoms with E-state index >= 15 is 0 Å². The van der Waals surface area contributed by atoms with Gasteiger partial charge in [0.25, 0.3) is 5.91 Å². The lowest BCUT2D eigenvalue weighted by molar-refractivity contribution is 0.0770. The van der Waals surface area contributed by atoms with Crippen molar-refractivity contribution in [2.45, 2.75) is 13.3 Å². The van der Waals surface area contributed by atoms with Gasteiger partial charge >= 0.3 is 0 Å². The molecule has 0 fully saturated rings. The second-order valence-electron chi connectivity index (χ2n) is 4.67. The third kappa shape index (κ3) is 3.42. The van der Waals surface area contributed by atoms with E-state index in [2.05, 4.69) is 11.0 Å². The number of nitrogens with two attached hydrogens (primary N) is 1. The lowest BCUT2D eigenvalue weighted by Crippen LogP contribution is -2.32. The Morgan fingerprint density at radius 3 is 2.95 bits per heavy atom. The first-order chi connectivity index (χ1) is 10.2. The lowest BCUT2D eigenvalue weighted by Gasteiger charge is -2.17. The number of hydrogen-bond acceptors (Lipinski definition) is 3. The second-order valence-corrected chi connectivity index (χ2v) is 4.67. The molecular weight excluding hydrogens is 264 g/mol. The van der Waals surface area contributed by atoms with Crippen molar-refractivity contribution >= 4 is 11.6 Å². The SMILES string of the molecule is C#CCN(CCC)C(=O)c1ccn(-c2cccc(N)c2)n1. The van der Waals surface area contributed by atoms with Crippen LogP contribution in [0.15, 0.2) is 36.5 Å². The maximum atomic E-state index is 12.4. The highest BCUT2D eigenvalue weighted by atomic mass is 16.2. The predicted octanol–water partition coefficient (Wildman–Crippen LogP) is 1.94. The summed E-state index contributed by atoms with van der Waals surface area (Å²) in [5.41, 5.74) is 7.59. The Labute approximate surface area is 124 Å². The van der Waals surface area contributed by atoms with Gasteiger partial charge in [-0.1, -0.05) is 18.9 Å². The predicted molar refractivity (Wildman–Crippen MR) is 83.0 cm³/mol. The van der Waals surface area contributed by atoms with Crippen molar-refractivity contribution in [3.05, 3.63) is 42.2 Å². The summed E-state index contributed by atoms with van der Waals surface area (Å²) in [5.74, 6) is 2.35. The molecule has 1 aromatic carbocycles. The van der Waals surface area contributed by atoms with Crippen LogP contribution in [0.1, 0.15) is 23.8 Å². The van der Waals surface area contributed by atoms with Crippen LogP contribution in [0, 0.1) is 12.3 Å². The molecule has 0 aliphatic rings. The van der Waals surface area contributed by atoms with Crippen LogP contribution in [0.5, 0.6) is 0 Å². The van der Waals surface area contributed by atoms with Crippen LogP contribution in [-0.4, -0.2) is 33.7 Å². The van der Waals surface area contributed by atoms with Crippen molar-refractivity contribution in [2.75, 3.05) is 18.8 Å². The summed E-state index contributed by atoms with van der Waals surface area (Å²) in [6.07, 6.45) is 7.89. The Morgan fingerprint density at radius 1 is 1.48 bits per heavy atom. The number of terminal acetylenes is 1. The maximum absolute atomic E-state index is 12.4. The summed E-state index contributed by atoms with van der Waals surface area (Å²) in [7, 11) is 0. The zero-order chi connectivity index (χ0) is 15.2. The van der Waals surface area contributed by atoms with E-state index in [0.717, 1.165) is 12.1 Å². The number of amides is 1. The average Bonchev–Trinajstić information content (AvgIpc) is 2.96. The third-order valence-corrected chi connectivity index (χ3v) is 3.01. The molecule has 21 heavy (non-hydrogen) atoms. The van der Waals surface area contributed by atoms with Gasteiger partial charge in [0.1, 0.15) is 0 Å². The van der Waals surface area contributed by atoms with Crippen LogP contribution in [0.25, 0.3) is 5.69 Å². The van der Waals surface area contributed by atoms with Gasteiger partial charge in [0.05, 0.1) is 12.2 Å². The highest BCUT2D eigenvalue weighted by Crippen LogP contribution is 2.12. The number of hydrogen-bond donors (Lipinski definition) is 1. The first-order valence-corrected chi connectivity index (χ1v) is 6.80. The molecule has 0 spiro atoms. The normalized spacial score (nSPS) is 10.1. The summed E-state index contributed by atoms with van der Waals surface area (Å²) in [6, 6.07) is 9.00. The maximum Gasteiger partial charge on any atom is 0.275 e. The standard InChI is InChI=1S/C16H18N4O/c1-3-9-19(10-4-2)16(21)15-8-11-20(18-15)14-7-5-6-13(17)12-14/h1,5-8,11-12H,4,9-10,17H2,2H3. The first kappa shape index (κ1) is 14.7. The zero-order valence-corrected chi connectivity index (χ0v) is 12.0. The fourth-order valence-corrected chi connectivity index (χ4v) is 2.04. The van der Waals surface area contributed by atoms with Gasteiger partial charge in [-0.2, -0.15) is 5.10 Å². The minimum Gasteiger partial charge on any atom is -0.399 e. The fourth-order valence-electron chi connectivity index (χ4n) is 2.04. The van der Waals surface area contributed by atoms with E-state index in [1.807, 2.05) is 19.1 Å². The number of carbonyl (C=O) groups excluding carboxylic acids is 1. The Balaban J connectivity index is 2.23. The van der Waals surface area contributed by atoms with Crippen molar-refractivity contribution in [2.24, 2.45) is 0 Å². The van der Waals surface area contributed by atoms with Gasteiger partial charge in [-0.05, 0) is 30.7 Å². The number of rotatable bonds is 5. The van der Waals surface area contributed by atoms with Crippen molar-refractivity contribution in [3.63, 3.8) is 0 Å². The van der Waals surface area contributed by atoms with Crippen LogP contribution in [0.4, 0.5) is 5.69 Å². The zero-order valence-electron chi connectivity index (χ0n) is 12.0. The summed E-state index contributed by atoms with van der Waals surface area (Å²) < 4.78 is 1.63. The molecule has 5 nitrogen and oxygen atoms in total. The van der Waals surface area contributed by atoms with Gasteiger partial charge in [0.15, 0.2) is 5.69 Å². The van der Waals surface area contributed by atoms with E-state index in [4.69, 9.17) is 12.2 Å². The van der Waals surface area contributed by atoms with Crippen LogP contribution in [-0.2, 0) is 0 Å². The van der Waals surface area contributed by atoms with Crippen molar-refractivity contribution < 1.29 is 4.79 Å². The minimum atomic E-state index is -0.155. The van der Waals surface area contributed by atoms with Crippen molar-refractivity contribution in [1.29, 1.82) is 0 Å². The average molecular weight is 282 g/mol. The molecule has 0 aliphatic carbocycles. The Kier molecular flexibility index (Phi) is 4.62. The van der Waals surface area contributed by atoms with Crippen LogP contribution < -0.4 is 5.73 Å². The van der Waals surface area contributed by atoms with Crippen molar-refractivity contribution in [1.82, 2.24) is 14.7 Å². The van der Waals surface area contributed by atoms with Gasteiger partial charge in [0.2, 0.25) is 0 Å². The number of nitrogen functional groups attached to an aromatic ring is 1. The summed E-state index contributed by atoms with van der Waals surface area (Å²) in [6.45, 7) is 2.91. The third-order valence-electron chi connectivity index (χ3n) is 3.01. The topological polar surface area (TPSA) is 64.2 Å². The molecule has 2 aromatic rings. The van der Waals surface area contributed by atoms with E-state index in [-0.39, 0.29) is 12.5 Å². The Hall–Kier alpha value is -2.74. The number of carbonyl (C=O) groups is 1. The molecule has 2 rings (SSSR count). The van der Waals surface area contributed by atoms with Crippen LogP contribution in [0.3, 0.4) is 0 Å². The second kappa shape index (κ2) is 6.62. The molecule has 0 atom stereocenters. The number of benzene rings is 1. The number of nitrogens with zero attached hydrogens (tertiary/aromatic N) is 3. The summed E-state index contributed by atoms with van der Waals surface area (Å²) in [5, 5.41) is 4.31. The molecule has 0 saturated carbocycles. The molecule has 1 amide bonds. The molecule has 0 aliphatic heterocycles. The van der Waals surface area contributed by atoms with Gasteiger partial charge in [0, 0.05) is 18.4 Å². The lowest BCUT2D eigenvalue weighted by atomic mass is 10.3. The van der Waals surface area contributed by atoms with Gasteiger partial charge < -0.3 is 10.6 Å². The largest absolute Gasteiger partial charge is 0.399 e. The van der Waals surface area contributed by atoms with Gasteiger partial charge in [-0.25, -0.2) is 4.68 Å². The van der Waals surface area contributed by atoms with E-state index in [1.54, 1.807) is 34.0 Å². The number of anilines is 1. The summed E-state index contributed by atoms with van der Waals surface area (Å²) >= 11 is 0. The van der Waals surface area contributed by atoms with Gasteiger partial charge in [-0.15, -0.1) is 6.42 Å². The van der Waals surface area contributed by atoms with E-state index in [1.165, 1.54) is 0 Å². The van der Waals surface area contributed by atoms with Crippen LogP contribution in [0.2, 0.25) is 0 Å². The molecule has 2 N–H and O–H groups in total. The first-order valence-electron chi connectivity index (χ1n) is 6.80. The van der Waals surface area contributed by atoms with Crippen LogP contribution >= 0.6 is 0 Å². The van der Waals surface area contributed by atoms with E-state index in [9.17, 15) is 4.79 Å². The Morgan fingerprint density at radius 2 is 2.29 bits per heavy atom. The highest BCUT2D eigenvalue weighted by molar-refractivity contribution is 5.92. The smallest absolute Gasteiger partial charge is 0.275 e. The van der Waals surface area contributed by atoms with Crippen molar-refractivity contribution in [3.8, 4) is 18.0 Å². The van der Waals surface area contributed by atoms with E-state index < -0.39 is 0 Å². The molecule has 5 heteroatoms. The molecule has 0 saturated heterocycles. The molecule has 1 heterocycles.